The summed E-state index contributed by atoms with van der Waals surface area (Å²) in [4.78, 5) is 6.91. The highest BCUT2D eigenvalue weighted by molar-refractivity contribution is 14.0. The number of aliphatic imine (C=N–C) groups is 1. The van der Waals surface area contributed by atoms with E-state index in [2.05, 4.69) is 39.6 Å². The molecule has 1 aromatic rings. The van der Waals surface area contributed by atoms with E-state index in [1.807, 2.05) is 25.2 Å². The van der Waals surface area contributed by atoms with Gasteiger partial charge in [-0.15, -0.1) is 24.0 Å². The minimum Gasteiger partial charge on any atom is -0.375 e. The topological polar surface area (TPSA) is 48.9 Å². The Kier molecular flexibility index (Phi) is 11.1. The molecule has 2 N–H and O–H groups in total. The molecule has 1 aliphatic heterocycles. The third kappa shape index (κ3) is 7.50. The number of rotatable bonds is 7. The van der Waals surface area contributed by atoms with Gasteiger partial charge in [0.1, 0.15) is 0 Å². The van der Waals surface area contributed by atoms with E-state index >= 15 is 0 Å². The van der Waals surface area contributed by atoms with Crippen molar-refractivity contribution < 1.29 is 4.74 Å². The second kappa shape index (κ2) is 12.5. The molecule has 1 fully saturated rings. The van der Waals surface area contributed by atoms with Gasteiger partial charge < -0.3 is 20.3 Å². The first-order chi connectivity index (χ1) is 11.8. The zero-order valence-electron chi connectivity index (χ0n) is 15.7. The summed E-state index contributed by atoms with van der Waals surface area (Å²) in [5.74, 6) is 0.863. The molecular formula is C19H33IN4O. The van der Waals surface area contributed by atoms with Gasteiger partial charge in [0.05, 0.1) is 6.10 Å². The first kappa shape index (κ1) is 22.2. The average molecular weight is 460 g/mol. The van der Waals surface area contributed by atoms with Crippen molar-refractivity contribution in [3.63, 3.8) is 0 Å². The molecule has 1 saturated heterocycles. The van der Waals surface area contributed by atoms with Crippen LogP contribution >= 0.6 is 24.0 Å². The molecule has 0 spiro atoms. The Morgan fingerprint density at radius 2 is 1.96 bits per heavy atom. The highest BCUT2D eigenvalue weighted by Gasteiger charge is 2.19. The largest absolute Gasteiger partial charge is 0.375 e. The Labute approximate surface area is 169 Å². The van der Waals surface area contributed by atoms with Gasteiger partial charge in [-0.25, -0.2) is 0 Å². The summed E-state index contributed by atoms with van der Waals surface area (Å²) in [6, 6.07) is 10.8. The number of likely N-dealkylation sites (tertiary alicyclic amines) is 1. The Hall–Kier alpha value is -0.860. The lowest BCUT2D eigenvalue weighted by molar-refractivity contribution is 0.106. The van der Waals surface area contributed by atoms with Gasteiger partial charge in [-0.2, -0.15) is 0 Å². The molecule has 0 radical (unpaired) electrons. The van der Waals surface area contributed by atoms with Crippen molar-refractivity contribution in [3.05, 3.63) is 35.9 Å². The van der Waals surface area contributed by atoms with Crippen LogP contribution in [0.5, 0.6) is 0 Å². The molecule has 0 aromatic heterocycles. The van der Waals surface area contributed by atoms with Crippen LogP contribution in [-0.4, -0.2) is 57.2 Å². The number of halogens is 1. The van der Waals surface area contributed by atoms with Crippen LogP contribution in [0.4, 0.5) is 0 Å². The molecule has 0 aliphatic carbocycles. The van der Waals surface area contributed by atoms with Crippen LogP contribution < -0.4 is 10.6 Å². The molecule has 142 valence electrons. The van der Waals surface area contributed by atoms with Gasteiger partial charge in [0.15, 0.2) is 5.96 Å². The Morgan fingerprint density at radius 1 is 1.28 bits per heavy atom. The number of nitrogens with zero attached hydrogens (tertiary/aromatic N) is 2. The molecule has 1 aliphatic rings. The number of methoxy groups -OCH3 is 1. The van der Waals surface area contributed by atoms with Crippen LogP contribution in [0.2, 0.25) is 0 Å². The van der Waals surface area contributed by atoms with Crippen molar-refractivity contribution in [2.75, 3.05) is 40.3 Å². The van der Waals surface area contributed by atoms with Crippen molar-refractivity contribution >= 4 is 29.9 Å². The normalized spacial score (nSPS) is 17.6. The Balaban J connectivity index is 0.00000312. The average Bonchev–Trinajstić information content (AvgIpc) is 2.64. The molecular weight excluding hydrogens is 427 g/mol. The van der Waals surface area contributed by atoms with Gasteiger partial charge >= 0.3 is 0 Å². The van der Waals surface area contributed by atoms with Crippen molar-refractivity contribution in [1.29, 1.82) is 0 Å². The summed E-state index contributed by atoms with van der Waals surface area (Å²) in [5.41, 5.74) is 1.18. The van der Waals surface area contributed by atoms with E-state index in [1.54, 1.807) is 7.11 Å². The molecule has 1 atom stereocenters. The number of guanidine groups is 1. The minimum atomic E-state index is 0. The lowest BCUT2D eigenvalue weighted by Gasteiger charge is -2.33. The van der Waals surface area contributed by atoms with Crippen LogP contribution in [0.15, 0.2) is 35.3 Å². The number of piperidine rings is 1. The second-order valence-electron chi connectivity index (χ2n) is 6.35. The Morgan fingerprint density at radius 3 is 2.52 bits per heavy atom. The number of hydrogen-bond acceptors (Lipinski definition) is 3. The summed E-state index contributed by atoms with van der Waals surface area (Å²) in [5, 5.41) is 6.96. The van der Waals surface area contributed by atoms with Crippen molar-refractivity contribution in [3.8, 4) is 0 Å². The maximum absolute atomic E-state index is 5.61. The van der Waals surface area contributed by atoms with Crippen molar-refractivity contribution in [2.24, 2.45) is 4.99 Å². The van der Waals surface area contributed by atoms with Crippen LogP contribution in [0, 0.1) is 0 Å². The Bertz CT molecular complexity index is 489. The maximum Gasteiger partial charge on any atom is 0.191 e. The second-order valence-corrected chi connectivity index (χ2v) is 6.35. The third-order valence-electron chi connectivity index (χ3n) is 4.60. The predicted octanol–water partition coefficient (Wildman–Crippen LogP) is 3.03. The zero-order chi connectivity index (χ0) is 17.2. The third-order valence-corrected chi connectivity index (χ3v) is 4.60. The van der Waals surface area contributed by atoms with Crippen molar-refractivity contribution in [2.45, 2.75) is 38.3 Å². The standard InChI is InChI=1S/C19H32N4O.HI/c1-4-12-23-13-10-17(11-14-23)22-19(20-2)21-15-18(24-3)16-8-6-5-7-9-16;/h5-9,17-18H,4,10-15H2,1-3H3,(H2,20,21,22);1H. The first-order valence-electron chi connectivity index (χ1n) is 9.04. The van der Waals surface area contributed by atoms with Crippen LogP contribution in [0.3, 0.4) is 0 Å². The van der Waals surface area contributed by atoms with E-state index in [-0.39, 0.29) is 30.1 Å². The monoisotopic (exact) mass is 460 g/mol. The number of nitrogens with one attached hydrogen (secondary N) is 2. The summed E-state index contributed by atoms with van der Waals surface area (Å²) >= 11 is 0. The number of ether oxygens (including phenoxy) is 1. The molecule has 0 amide bonds. The molecule has 0 bridgehead atoms. The molecule has 1 aromatic carbocycles. The molecule has 0 saturated carbocycles. The van der Waals surface area contributed by atoms with Gasteiger partial charge in [-0.05, 0) is 31.4 Å². The molecule has 1 heterocycles. The molecule has 2 rings (SSSR count). The fraction of sp³-hybridized carbons (Fsp3) is 0.632. The number of benzene rings is 1. The van der Waals surface area contributed by atoms with Crippen molar-refractivity contribution in [1.82, 2.24) is 15.5 Å². The summed E-state index contributed by atoms with van der Waals surface area (Å²) < 4.78 is 5.61. The van der Waals surface area contributed by atoms with Crippen LogP contribution in [0.1, 0.15) is 37.9 Å². The minimum absolute atomic E-state index is 0. The molecule has 6 heteroatoms. The van der Waals surface area contributed by atoms with E-state index in [1.165, 1.54) is 44.5 Å². The van der Waals surface area contributed by atoms with Crippen LogP contribution in [0.25, 0.3) is 0 Å². The van der Waals surface area contributed by atoms with E-state index < -0.39 is 0 Å². The quantitative estimate of drug-likeness (QED) is 0.373. The van der Waals surface area contributed by atoms with Crippen LogP contribution in [-0.2, 0) is 4.74 Å². The highest BCUT2D eigenvalue weighted by atomic mass is 127. The number of hydrogen-bond donors (Lipinski definition) is 2. The first-order valence-corrected chi connectivity index (χ1v) is 9.04. The van der Waals surface area contributed by atoms with Gasteiger partial charge in [0.25, 0.3) is 0 Å². The van der Waals surface area contributed by atoms with E-state index in [0.717, 1.165) is 5.96 Å². The highest BCUT2D eigenvalue weighted by Crippen LogP contribution is 2.15. The summed E-state index contributed by atoms with van der Waals surface area (Å²) in [7, 11) is 3.57. The van der Waals surface area contributed by atoms with E-state index in [4.69, 9.17) is 4.74 Å². The zero-order valence-corrected chi connectivity index (χ0v) is 18.0. The fourth-order valence-corrected chi connectivity index (χ4v) is 3.20. The lowest BCUT2D eigenvalue weighted by Crippen LogP contribution is -2.49. The van der Waals surface area contributed by atoms with Gasteiger partial charge in [-0.3, -0.25) is 4.99 Å². The summed E-state index contributed by atoms with van der Waals surface area (Å²) in [6.45, 7) is 6.51. The van der Waals surface area contributed by atoms with Gasteiger partial charge in [-0.1, -0.05) is 37.3 Å². The molecule has 25 heavy (non-hydrogen) atoms. The predicted molar refractivity (Wildman–Crippen MR) is 116 cm³/mol. The van der Waals surface area contributed by atoms with Gasteiger partial charge in [0.2, 0.25) is 0 Å². The van der Waals surface area contributed by atoms with E-state index in [9.17, 15) is 0 Å². The lowest BCUT2D eigenvalue weighted by atomic mass is 10.1. The molecule has 1 unspecified atom stereocenters. The SMILES string of the molecule is CCCN1CCC(NC(=NC)NCC(OC)c2ccccc2)CC1.I. The maximum atomic E-state index is 5.61. The van der Waals surface area contributed by atoms with Gasteiger partial charge in [0, 0.05) is 39.8 Å². The fourth-order valence-electron chi connectivity index (χ4n) is 3.20. The molecule has 5 nitrogen and oxygen atoms in total. The summed E-state index contributed by atoms with van der Waals surface area (Å²) in [6.07, 6.45) is 3.61. The smallest absolute Gasteiger partial charge is 0.191 e. The van der Waals surface area contributed by atoms with E-state index in [0.29, 0.717) is 12.6 Å².